The fraction of sp³-hybridized carbons (Fsp3) is 0.484. The Balaban J connectivity index is 1.26. The van der Waals surface area contributed by atoms with Crippen molar-refractivity contribution in [2.45, 2.75) is 69.4 Å². The molecule has 5 amide bonds. The molecule has 2 aromatic carbocycles. The average Bonchev–Trinajstić information content (AvgIpc) is 3.43. The molecule has 2 atom stereocenters. The summed E-state index contributed by atoms with van der Waals surface area (Å²) in [5, 5.41) is 2.39. The average molecular weight is 565 g/mol. The first kappa shape index (κ1) is 27.4. The molecule has 0 aromatic heterocycles. The van der Waals surface area contributed by atoms with E-state index in [2.05, 4.69) is 5.32 Å². The Morgan fingerprint density at radius 1 is 0.976 bits per heavy atom. The Kier molecular flexibility index (Phi) is 6.62. The summed E-state index contributed by atoms with van der Waals surface area (Å²) >= 11 is 0. The molecule has 6 rings (SSSR count). The summed E-state index contributed by atoms with van der Waals surface area (Å²) in [6.45, 7) is -0.222. The number of likely N-dealkylation sites (tertiary alicyclic amines) is 1. The van der Waals surface area contributed by atoms with E-state index < -0.39 is 34.7 Å². The molecule has 2 aromatic rings. The number of anilines is 1. The highest BCUT2D eigenvalue weighted by Gasteiger charge is 2.54. The van der Waals surface area contributed by atoms with Crippen LogP contribution in [-0.2, 0) is 27.2 Å². The van der Waals surface area contributed by atoms with Gasteiger partial charge in [-0.3, -0.25) is 19.7 Å². The van der Waals surface area contributed by atoms with Gasteiger partial charge in [0.15, 0.2) is 0 Å². The van der Waals surface area contributed by atoms with Crippen molar-refractivity contribution in [3.8, 4) is 0 Å². The van der Waals surface area contributed by atoms with Crippen molar-refractivity contribution >= 4 is 29.4 Å². The molecule has 2 spiro atoms. The van der Waals surface area contributed by atoms with Gasteiger partial charge in [0.2, 0.25) is 11.8 Å². The van der Waals surface area contributed by atoms with E-state index in [1.165, 1.54) is 26.8 Å². The van der Waals surface area contributed by atoms with E-state index in [-0.39, 0.29) is 24.3 Å². The molecule has 2 saturated heterocycles. The van der Waals surface area contributed by atoms with Crippen molar-refractivity contribution in [2.75, 3.05) is 25.5 Å². The number of hydrogen-bond acceptors (Lipinski definition) is 4. The van der Waals surface area contributed by atoms with Gasteiger partial charge < -0.3 is 14.7 Å². The second-order valence-corrected chi connectivity index (χ2v) is 12.1. The molecule has 41 heavy (non-hydrogen) atoms. The molecule has 4 aliphatic rings. The van der Waals surface area contributed by atoms with Gasteiger partial charge in [0.25, 0.3) is 5.91 Å². The number of amides is 5. The third kappa shape index (κ3) is 4.48. The molecule has 8 nitrogen and oxygen atoms in total. The summed E-state index contributed by atoms with van der Waals surface area (Å²) in [5.74, 6) is -2.20. The van der Waals surface area contributed by atoms with Gasteiger partial charge in [0.1, 0.15) is 23.7 Å². The number of nitrogens with zero attached hydrogens (tertiary/aromatic N) is 3. The van der Waals surface area contributed by atoms with E-state index in [1.807, 2.05) is 12.1 Å². The van der Waals surface area contributed by atoms with Crippen LogP contribution in [0.25, 0.3) is 0 Å². The lowest BCUT2D eigenvalue weighted by Crippen LogP contribution is -2.53. The van der Waals surface area contributed by atoms with Crippen LogP contribution < -0.4 is 10.2 Å². The van der Waals surface area contributed by atoms with Crippen LogP contribution in [0.3, 0.4) is 0 Å². The predicted molar refractivity (Wildman–Crippen MR) is 147 cm³/mol. The zero-order valence-corrected chi connectivity index (χ0v) is 23.3. The van der Waals surface area contributed by atoms with Gasteiger partial charge in [0, 0.05) is 44.1 Å². The topological polar surface area (TPSA) is 90.0 Å². The highest BCUT2D eigenvalue weighted by molar-refractivity contribution is 6.07. The maximum Gasteiger partial charge on any atom is 0.324 e. The molecule has 2 aliphatic carbocycles. The number of fused-ring (bicyclic) bond motifs is 1. The maximum atomic E-state index is 14.2. The van der Waals surface area contributed by atoms with Crippen molar-refractivity contribution < 1.29 is 28.0 Å². The van der Waals surface area contributed by atoms with Gasteiger partial charge in [-0.25, -0.2) is 13.6 Å². The van der Waals surface area contributed by atoms with E-state index in [4.69, 9.17) is 0 Å². The molecule has 10 heteroatoms. The normalized spacial score (nSPS) is 25.2. The van der Waals surface area contributed by atoms with Crippen LogP contribution in [0, 0.1) is 17.0 Å². The zero-order chi connectivity index (χ0) is 29.1. The molecule has 216 valence electrons. The molecule has 1 saturated carbocycles. The maximum absolute atomic E-state index is 14.2. The second kappa shape index (κ2) is 9.92. The Hall–Kier alpha value is -3.82. The number of halogens is 2. The van der Waals surface area contributed by atoms with Crippen molar-refractivity contribution in [2.24, 2.45) is 5.41 Å². The zero-order valence-electron chi connectivity index (χ0n) is 23.3. The van der Waals surface area contributed by atoms with Crippen LogP contribution in [0.4, 0.5) is 19.3 Å². The highest BCUT2D eigenvalue weighted by atomic mass is 19.1. The van der Waals surface area contributed by atoms with Crippen LogP contribution in [-0.4, -0.2) is 59.7 Å². The standard InChI is InChI=1S/C31H34F2N4O4/c1-35(24-7-6-19-16-31(17-21(19)14-24)27(39)34-29(41)36(31)2)26(38)18-37-25(20-12-22(32)15-23(33)13-20)8-11-30(28(37)40)9-4-3-5-10-30/h6-7,12-15,25H,3-5,8-11,16-18H2,1-2H3,(H,34,39,41). The van der Waals surface area contributed by atoms with Gasteiger partial charge in [-0.15, -0.1) is 0 Å². The number of benzene rings is 2. The third-order valence-electron chi connectivity index (χ3n) is 9.88. The highest BCUT2D eigenvalue weighted by Crippen LogP contribution is 2.49. The first-order valence-corrected chi connectivity index (χ1v) is 14.3. The fourth-order valence-corrected chi connectivity index (χ4v) is 7.40. The minimum absolute atomic E-state index is 0.115. The number of nitrogens with one attached hydrogen (secondary N) is 1. The van der Waals surface area contributed by atoms with E-state index in [0.29, 0.717) is 36.9 Å². The smallest absolute Gasteiger partial charge is 0.324 e. The molecule has 1 N–H and O–H groups in total. The van der Waals surface area contributed by atoms with Crippen LogP contribution in [0.5, 0.6) is 0 Å². The van der Waals surface area contributed by atoms with Gasteiger partial charge in [-0.2, -0.15) is 0 Å². The van der Waals surface area contributed by atoms with Crippen LogP contribution in [0.1, 0.15) is 67.7 Å². The largest absolute Gasteiger partial charge is 0.326 e. The number of imide groups is 1. The molecule has 2 heterocycles. The molecule has 2 unspecified atom stereocenters. The molecular weight excluding hydrogens is 530 g/mol. The van der Waals surface area contributed by atoms with Crippen molar-refractivity contribution in [3.63, 3.8) is 0 Å². The number of likely N-dealkylation sites (N-methyl/N-ethyl adjacent to an activating group) is 2. The number of rotatable bonds is 4. The van der Waals surface area contributed by atoms with Crippen molar-refractivity contribution in [3.05, 3.63) is 64.7 Å². The fourth-order valence-electron chi connectivity index (χ4n) is 7.40. The Morgan fingerprint density at radius 2 is 1.66 bits per heavy atom. The van der Waals surface area contributed by atoms with E-state index >= 15 is 0 Å². The number of carbonyl (C=O) groups is 4. The lowest BCUT2D eigenvalue weighted by atomic mass is 9.67. The third-order valence-corrected chi connectivity index (χ3v) is 9.88. The van der Waals surface area contributed by atoms with Crippen molar-refractivity contribution in [1.82, 2.24) is 15.1 Å². The molecule has 3 fully saturated rings. The summed E-state index contributed by atoms with van der Waals surface area (Å²) in [7, 11) is 3.24. The van der Waals surface area contributed by atoms with Gasteiger partial charge in [0.05, 0.1) is 6.04 Å². The lowest BCUT2D eigenvalue weighted by Gasteiger charge is -2.48. The number of carbonyl (C=O) groups excluding carboxylic acids is 4. The predicted octanol–water partition coefficient (Wildman–Crippen LogP) is 4.26. The Labute approximate surface area is 237 Å². The number of piperidine rings is 1. The summed E-state index contributed by atoms with van der Waals surface area (Å²) in [4.78, 5) is 57.0. The van der Waals surface area contributed by atoms with E-state index in [1.54, 1.807) is 20.2 Å². The summed E-state index contributed by atoms with van der Waals surface area (Å²) in [6.07, 6.45) is 6.37. The van der Waals surface area contributed by atoms with Crippen LogP contribution in [0.2, 0.25) is 0 Å². The summed E-state index contributed by atoms with van der Waals surface area (Å²) < 4.78 is 28.4. The first-order valence-electron chi connectivity index (χ1n) is 14.3. The quantitative estimate of drug-likeness (QED) is 0.562. The Bertz CT molecular complexity index is 1440. The van der Waals surface area contributed by atoms with Crippen LogP contribution >= 0.6 is 0 Å². The molecule has 2 aliphatic heterocycles. The minimum atomic E-state index is -0.970. The monoisotopic (exact) mass is 564 g/mol. The summed E-state index contributed by atoms with van der Waals surface area (Å²) in [6, 6.07) is 7.79. The number of hydrogen-bond donors (Lipinski definition) is 1. The van der Waals surface area contributed by atoms with Gasteiger partial charge in [-0.05, 0) is 66.6 Å². The van der Waals surface area contributed by atoms with Crippen LogP contribution in [0.15, 0.2) is 36.4 Å². The van der Waals surface area contributed by atoms with E-state index in [9.17, 15) is 28.0 Å². The molecule has 0 bridgehead atoms. The van der Waals surface area contributed by atoms with E-state index in [0.717, 1.165) is 49.3 Å². The Morgan fingerprint density at radius 3 is 2.32 bits per heavy atom. The second-order valence-electron chi connectivity index (χ2n) is 12.1. The first-order chi connectivity index (χ1) is 19.5. The molecular formula is C31H34F2N4O4. The van der Waals surface area contributed by atoms with Gasteiger partial charge in [-0.1, -0.05) is 25.3 Å². The van der Waals surface area contributed by atoms with Crippen molar-refractivity contribution in [1.29, 1.82) is 0 Å². The lowest BCUT2D eigenvalue weighted by molar-refractivity contribution is -0.155. The van der Waals surface area contributed by atoms with Gasteiger partial charge >= 0.3 is 6.03 Å². The number of urea groups is 1. The minimum Gasteiger partial charge on any atom is -0.326 e. The molecule has 0 radical (unpaired) electrons. The summed E-state index contributed by atoms with van der Waals surface area (Å²) in [5.41, 5.74) is 1.26. The SMILES string of the molecule is CN(C(=O)CN1C(=O)C2(CCCCC2)CCC1c1cc(F)cc(F)c1)c1ccc2c(c1)CC1(C2)C(=O)NC(=O)N1C.